The minimum Gasteiger partial charge on any atom is -0.454 e. The van der Waals surface area contributed by atoms with Crippen molar-refractivity contribution in [2.24, 2.45) is 0 Å². The van der Waals surface area contributed by atoms with Crippen LogP contribution in [0, 0.1) is 6.92 Å². The van der Waals surface area contributed by atoms with Gasteiger partial charge in [-0.3, -0.25) is 14.6 Å². The van der Waals surface area contributed by atoms with E-state index in [9.17, 15) is 4.79 Å². The number of aromatic amines is 1. The molecule has 29 heavy (non-hydrogen) atoms. The molecule has 0 saturated carbocycles. The van der Waals surface area contributed by atoms with E-state index in [2.05, 4.69) is 46.0 Å². The molecule has 1 saturated heterocycles. The number of ether oxygens (including phenoxy) is 2. The Balaban J connectivity index is 1.17. The van der Waals surface area contributed by atoms with Gasteiger partial charge in [0, 0.05) is 55.4 Å². The van der Waals surface area contributed by atoms with E-state index in [1.807, 2.05) is 18.3 Å². The lowest BCUT2D eigenvalue weighted by Crippen LogP contribution is -2.47. The van der Waals surface area contributed by atoms with Crippen molar-refractivity contribution in [2.75, 3.05) is 39.5 Å². The number of carbonyl (C=O) groups is 1. The van der Waals surface area contributed by atoms with Crippen LogP contribution in [0.4, 0.5) is 0 Å². The molecule has 0 unspecified atom stereocenters. The smallest absolute Gasteiger partial charge is 0.231 e. The molecule has 0 spiro atoms. The number of nitrogens with one attached hydrogen (secondary N) is 1. The summed E-state index contributed by atoms with van der Waals surface area (Å²) in [6.07, 6.45) is 1.85. The third-order valence-electron chi connectivity index (χ3n) is 5.81. The molecule has 0 bridgehead atoms. The fourth-order valence-electron chi connectivity index (χ4n) is 4.16. The summed E-state index contributed by atoms with van der Waals surface area (Å²) in [7, 11) is 0. The summed E-state index contributed by atoms with van der Waals surface area (Å²) in [5.74, 6) is 1.84. The molecule has 0 amide bonds. The van der Waals surface area contributed by atoms with E-state index in [1.165, 1.54) is 11.1 Å². The van der Waals surface area contributed by atoms with Crippen molar-refractivity contribution in [1.82, 2.24) is 14.8 Å². The van der Waals surface area contributed by atoms with Gasteiger partial charge in [-0.05, 0) is 36.8 Å². The van der Waals surface area contributed by atoms with Gasteiger partial charge in [-0.15, -0.1) is 0 Å². The molecule has 1 N–H and O–H groups in total. The van der Waals surface area contributed by atoms with Crippen molar-refractivity contribution in [3.8, 4) is 11.5 Å². The first kappa shape index (κ1) is 18.2. The van der Waals surface area contributed by atoms with Gasteiger partial charge in [-0.1, -0.05) is 17.7 Å². The maximum atomic E-state index is 12.9. The Labute approximate surface area is 170 Å². The van der Waals surface area contributed by atoms with Crippen LogP contribution in [0.5, 0.6) is 11.5 Å². The number of nitrogens with zero attached hydrogens (tertiary/aromatic N) is 2. The van der Waals surface area contributed by atoms with Gasteiger partial charge >= 0.3 is 0 Å². The molecule has 1 aromatic heterocycles. The predicted octanol–water partition coefficient (Wildman–Crippen LogP) is 3.21. The number of piperazine rings is 1. The van der Waals surface area contributed by atoms with Crippen LogP contribution in [0.3, 0.4) is 0 Å². The quantitative estimate of drug-likeness (QED) is 0.677. The van der Waals surface area contributed by atoms with Crippen LogP contribution >= 0.6 is 0 Å². The van der Waals surface area contributed by atoms with Crippen molar-refractivity contribution in [3.05, 3.63) is 59.3 Å². The Morgan fingerprint density at radius 1 is 1.00 bits per heavy atom. The molecular weight excluding hydrogens is 366 g/mol. The third-order valence-corrected chi connectivity index (χ3v) is 5.81. The number of aromatic nitrogens is 1. The largest absolute Gasteiger partial charge is 0.454 e. The zero-order chi connectivity index (χ0) is 19.8. The second kappa shape index (κ2) is 7.54. The zero-order valence-corrected chi connectivity index (χ0v) is 16.6. The Kier molecular flexibility index (Phi) is 4.73. The molecule has 2 aliphatic heterocycles. The number of Topliss-reactive ketones (excluding diaryl/α,β-unsaturated/α-hetero) is 1. The summed E-state index contributed by atoms with van der Waals surface area (Å²) in [6.45, 7) is 7.43. The molecule has 150 valence electrons. The Hall–Kier alpha value is -2.83. The summed E-state index contributed by atoms with van der Waals surface area (Å²) in [4.78, 5) is 20.8. The first-order valence-corrected chi connectivity index (χ1v) is 10.1. The first-order valence-electron chi connectivity index (χ1n) is 10.1. The van der Waals surface area contributed by atoms with Crippen LogP contribution in [0.25, 0.3) is 10.9 Å². The molecule has 5 rings (SSSR count). The predicted molar refractivity (Wildman–Crippen MR) is 112 cm³/mol. The normalized spacial score (nSPS) is 17.1. The Morgan fingerprint density at radius 2 is 1.79 bits per heavy atom. The molecule has 0 aliphatic carbocycles. The number of H-pyrrole nitrogens is 1. The van der Waals surface area contributed by atoms with Crippen LogP contribution in [0.1, 0.15) is 21.5 Å². The lowest BCUT2D eigenvalue weighted by Gasteiger charge is -2.34. The van der Waals surface area contributed by atoms with Crippen LogP contribution in [0.15, 0.2) is 42.6 Å². The number of ketones is 1. The van der Waals surface area contributed by atoms with Gasteiger partial charge in [0.1, 0.15) is 0 Å². The van der Waals surface area contributed by atoms with Gasteiger partial charge in [0.15, 0.2) is 17.3 Å². The van der Waals surface area contributed by atoms with Gasteiger partial charge < -0.3 is 14.5 Å². The van der Waals surface area contributed by atoms with Gasteiger partial charge in [-0.2, -0.15) is 0 Å². The van der Waals surface area contributed by atoms with E-state index in [0.29, 0.717) is 13.3 Å². The minimum atomic E-state index is 0.186. The number of carbonyl (C=O) groups excluding carboxylic acids is 1. The molecule has 2 aliphatic rings. The van der Waals surface area contributed by atoms with E-state index >= 15 is 0 Å². The average molecular weight is 391 g/mol. The standard InChI is InChI=1S/C23H25N3O3/c1-16-2-4-20-18(10-16)19(12-24-20)21(27)14-26-8-6-25(7-9-26)13-17-3-5-22-23(11-17)29-15-28-22/h2-5,10-12,24H,6-9,13-15H2,1H3. The van der Waals surface area contributed by atoms with Crippen LogP contribution in [-0.4, -0.2) is 60.1 Å². The first-order chi connectivity index (χ1) is 14.2. The monoisotopic (exact) mass is 391 g/mol. The van der Waals surface area contributed by atoms with E-state index in [0.717, 1.165) is 60.7 Å². The highest BCUT2D eigenvalue weighted by atomic mass is 16.7. The molecule has 0 radical (unpaired) electrons. The van der Waals surface area contributed by atoms with Crippen LogP contribution in [-0.2, 0) is 6.54 Å². The van der Waals surface area contributed by atoms with Gasteiger partial charge in [-0.25, -0.2) is 0 Å². The summed E-state index contributed by atoms with van der Waals surface area (Å²) in [5, 5.41) is 1.02. The minimum absolute atomic E-state index is 0.186. The summed E-state index contributed by atoms with van der Waals surface area (Å²) >= 11 is 0. The molecule has 3 heterocycles. The number of rotatable bonds is 5. The summed E-state index contributed by atoms with van der Waals surface area (Å²) < 4.78 is 10.9. The molecule has 6 heteroatoms. The second-order valence-electron chi connectivity index (χ2n) is 7.91. The van der Waals surface area contributed by atoms with Crippen molar-refractivity contribution in [3.63, 3.8) is 0 Å². The zero-order valence-electron chi connectivity index (χ0n) is 16.6. The average Bonchev–Trinajstić information content (AvgIpc) is 3.35. The second-order valence-corrected chi connectivity index (χ2v) is 7.91. The summed E-state index contributed by atoms with van der Waals surface area (Å²) in [5.41, 5.74) is 4.22. The molecule has 3 aromatic rings. The fraction of sp³-hybridized carbons (Fsp3) is 0.348. The maximum absolute atomic E-state index is 12.9. The number of hydrogen-bond donors (Lipinski definition) is 1. The van der Waals surface area contributed by atoms with Gasteiger partial charge in [0.05, 0.1) is 6.54 Å². The van der Waals surface area contributed by atoms with Gasteiger partial charge in [0.2, 0.25) is 6.79 Å². The van der Waals surface area contributed by atoms with E-state index in [4.69, 9.17) is 9.47 Å². The number of fused-ring (bicyclic) bond motifs is 2. The van der Waals surface area contributed by atoms with Crippen molar-refractivity contribution < 1.29 is 14.3 Å². The fourth-order valence-corrected chi connectivity index (χ4v) is 4.16. The van der Waals surface area contributed by atoms with Crippen LogP contribution < -0.4 is 9.47 Å². The number of aryl methyl sites for hydroxylation is 1. The molecule has 2 aromatic carbocycles. The molecule has 0 atom stereocenters. The lowest BCUT2D eigenvalue weighted by atomic mass is 10.1. The van der Waals surface area contributed by atoms with Crippen molar-refractivity contribution in [2.45, 2.75) is 13.5 Å². The third kappa shape index (κ3) is 3.73. The van der Waals surface area contributed by atoms with Crippen LogP contribution in [0.2, 0.25) is 0 Å². The number of benzene rings is 2. The lowest BCUT2D eigenvalue weighted by molar-refractivity contribution is 0.0845. The number of hydrogen-bond acceptors (Lipinski definition) is 5. The van der Waals surface area contributed by atoms with E-state index in [1.54, 1.807) is 0 Å². The summed E-state index contributed by atoms with van der Waals surface area (Å²) in [6, 6.07) is 12.3. The van der Waals surface area contributed by atoms with Crippen molar-refractivity contribution >= 4 is 16.7 Å². The topological polar surface area (TPSA) is 57.8 Å². The Bertz CT molecular complexity index is 1050. The molecule has 6 nitrogen and oxygen atoms in total. The van der Waals surface area contributed by atoms with E-state index < -0.39 is 0 Å². The highest BCUT2D eigenvalue weighted by molar-refractivity contribution is 6.08. The SMILES string of the molecule is Cc1ccc2[nH]cc(C(=O)CN3CCN(Cc4ccc5c(c4)OCO5)CC3)c2c1. The maximum Gasteiger partial charge on any atom is 0.231 e. The van der Waals surface area contributed by atoms with Crippen molar-refractivity contribution in [1.29, 1.82) is 0 Å². The molecule has 1 fully saturated rings. The highest BCUT2D eigenvalue weighted by Gasteiger charge is 2.22. The molecular formula is C23H25N3O3. The Morgan fingerprint density at radius 3 is 2.66 bits per heavy atom. The highest BCUT2D eigenvalue weighted by Crippen LogP contribution is 2.32. The van der Waals surface area contributed by atoms with E-state index in [-0.39, 0.29) is 5.78 Å². The van der Waals surface area contributed by atoms with Gasteiger partial charge in [0.25, 0.3) is 0 Å².